The van der Waals surface area contributed by atoms with Crippen LogP contribution in [0.3, 0.4) is 0 Å². The molecule has 1 atom stereocenters. The van der Waals surface area contributed by atoms with Gasteiger partial charge in [0.1, 0.15) is 6.54 Å². The van der Waals surface area contributed by atoms with E-state index in [1.807, 2.05) is 18.3 Å². The molecule has 1 unspecified atom stereocenters. The highest BCUT2D eigenvalue weighted by atomic mass is 16.5. The van der Waals surface area contributed by atoms with Crippen molar-refractivity contribution in [2.75, 3.05) is 19.8 Å². The van der Waals surface area contributed by atoms with Gasteiger partial charge in [-0.1, -0.05) is 25.1 Å². The van der Waals surface area contributed by atoms with Crippen LogP contribution in [-0.4, -0.2) is 59.8 Å². The molecule has 11 heteroatoms. The minimum atomic E-state index is -0.554. The van der Waals surface area contributed by atoms with Crippen molar-refractivity contribution in [1.82, 2.24) is 39.8 Å². The van der Waals surface area contributed by atoms with Gasteiger partial charge in [0.15, 0.2) is 5.82 Å². The smallest absolute Gasteiger partial charge is 0.261 e. The lowest BCUT2D eigenvalue weighted by Gasteiger charge is -2.30. The van der Waals surface area contributed by atoms with Crippen LogP contribution in [0.25, 0.3) is 22.7 Å². The zero-order valence-corrected chi connectivity index (χ0v) is 19.8. The maximum Gasteiger partial charge on any atom is 0.261 e. The van der Waals surface area contributed by atoms with Crippen molar-refractivity contribution < 1.29 is 9.32 Å². The van der Waals surface area contributed by atoms with Gasteiger partial charge in [0, 0.05) is 44.4 Å². The average Bonchev–Trinajstić information content (AvgIpc) is 3.49. The van der Waals surface area contributed by atoms with E-state index in [0.29, 0.717) is 17.3 Å². The van der Waals surface area contributed by atoms with Crippen molar-refractivity contribution in [3.63, 3.8) is 0 Å². The number of pyridine rings is 1. The number of carbonyl (C=O) groups is 1. The first-order chi connectivity index (χ1) is 16.2. The number of nitrogen functional groups attached to an aromatic ring is 1. The normalized spacial score (nSPS) is 13.1. The summed E-state index contributed by atoms with van der Waals surface area (Å²) in [4.78, 5) is 30.8. The number of hydrogen-bond donors (Lipinski definition) is 1. The van der Waals surface area contributed by atoms with Crippen LogP contribution in [-0.2, 0) is 16.8 Å². The van der Waals surface area contributed by atoms with Crippen molar-refractivity contribution in [3.8, 4) is 22.7 Å². The fourth-order valence-electron chi connectivity index (χ4n) is 3.45. The third kappa shape index (κ3) is 4.36. The minimum absolute atomic E-state index is 0.0604. The standard InChI is InChI=1S/C23H27N9O2/c1-14(2)23(3,17-6-7-18(25-11-17)15-8-26-22(24)27-9-15)21-29-20(34-30-21)16-10-28-32(12-16)13-19(33)31(4)5/h6-12,14H,13H2,1-5H3,(H2,24,26,27). The van der Waals surface area contributed by atoms with E-state index in [1.165, 1.54) is 4.90 Å². The quantitative estimate of drug-likeness (QED) is 0.439. The van der Waals surface area contributed by atoms with Gasteiger partial charge in [-0.2, -0.15) is 10.1 Å². The Bertz CT molecular complexity index is 1280. The molecule has 0 aliphatic rings. The number of amides is 1. The second-order valence-corrected chi connectivity index (χ2v) is 8.76. The fourth-order valence-corrected chi connectivity index (χ4v) is 3.45. The van der Waals surface area contributed by atoms with Gasteiger partial charge in [-0.05, 0) is 24.5 Å². The Morgan fingerprint density at radius 1 is 1.12 bits per heavy atom. The third-order valence-corrected chi connectivity index (χ3v) is 6.05. The monoisotopic (exact) mass is 461 g/mol. The number of nitrogens with two attached hydrogens (primary N) is 1. The lowest BCUT2D eigenvalue weighted by molar-refractivity contribution is -0.129. The number of anilines is 1. The Morgan fingerprint density at radius 3 is 2.47 bits per heavy atom. The molecular weight excluding hydrogens is 434 g/mol. The molecule has 4 aromatic rings. The van der Waals surface area contributed by atoms with Gasteiger partial charge in [-0.3, -0.25) is 14.5 Å². The molecule has 0 spiro atoms. The molecule has 2 N–H and O–H groups in total. The Balaban J connectivity index is 1.61. The van der Waals surface area contributed by atoms with Gasteiger partial charge in [0.05, 0.1) is 22.9 Å². The van der Waals surface area contributed by atoms with Crippen LogP contribution in [0.1, 0.15) is 32.2 Å². The second-order valence-electron chi connectivity index (χ2n) is 8.76. The topological polar surface area (TPSA) is 142 Å². The number of nitrogens with zero attached hydrogens (tertiary/aromatic N) is 8. The number of aromatic nitrogens is 7. The summed E-state index contributed by atoms with van der Waals surface area (Å²) in [6, 6.07) is 3.91. The van der Waals surface area contributed by atoms with E-state index in [2.05, 4.69) is 51.0 Å². The number of rotatable bonds is 7. The lowest BCUT2D eigenvalue weighted by Crippen LogP contribution is -2.31. The van der Waals surface area contributed by atoms with Crippen molar-refractivity contribution in [3.05, 3.63) is 54.5 Å². The van der Waals surface area contributed by atoms with E-state index >= 15 is 0 Å². The molecule has 0 aliphatic heterocycles. The van der Waals surface area contributed by atoms with Gasteiger partial charge in [0.2, 0.25) is 11.9 Å². The molecule has 0 aromatic carbocycles. The fraction of sp³-hybridized carbons (Fsp3) is 0.348. The van der Waals surface area contributed by atoms with E-state index in [0.717, 1.165) is 16.8 Å². The Hall–Kier alpha value is -4.15. The molecule has 0 radical (unpaired) electrons. The maximum atomic E-state index is 12.0. The van der Waals surface area contributed by atoms with Crippen molar-refractivity contribution in [2.45, 2.75) is 32.7 Å². The van der Waals surface area contributed by atoms with E-state index in [4.69, 9.17) is 10.3 Å². The molecular formula is C23H27N9O2. The summed E-state index contributed by atoms with van der Waals surface area (Å²) in [6.45, 7) is 6.40. The van der Waals surface area contributed by atoms with Crippen LogP contribution in [0.2, 0.25) is 0 Å². The first-order valence-electron chi connectivity index (χ1n) is 10.8. The first-order valence-corrected chi connectivity index (χ1v) is 10.8. The molecule has 4 rings (SSSR count). The van der Waals surface area contributed by atoms with Gasteiger partial charge >= 0.3 is 0 Å². The van der Waals surface area contributed by atoms with Gasteiger partial charge in [-0.25, -0.2) is 9.97 Å². The minimum Gasteiger partial charge on any atom is -0.368 e. The van der Waals surface area contributed by atoms with Crippen LogP contribution in [0.4, 0.5) is 5.95 Å². The predicted molar refractivity (Wildman–Crippen MR) is 125 cm³/mol. The predicted octanol–water partition coefficient (Wildman–Crippen LogP) is 2.42. The SMILES string of the molecule is CC(C)C(C)(c1ccc(-c2cnc(N)nc2)nc1)c1noc(-c2cnn(CC(=O)N(C)C)c2)n1. The third-order valence-electron chi connectivity index (χ3n) is 6.05. The Labute approximate surface area is 197 Å². The zero-order chi connectivity index (χ0) is 24.5. The molecule has 34 heavy (non-hydrogen) atoms. The number of hydrogen-bond acceptors (Lipinski definition) is 9. The van der Waals surface area contributed by atoms with Crippen LogP contribution < -0.4 is 5.73 Å². The molecule has 1 amide bonds. The zero-order valence-electron chi connectivity index (χ0n) is 19.8. The van der Waals surface area contributed by atoms with Crippen molar-refractivity contribution in [1.29, 1.82) is 0 Å². The van der Waals surface area contributed by atoms with Crippen LogP contribution in [0.5, 0.6) is 0 Å². The average molecular weight is 462 g/mol. The molecule has 0 saturated carbocycles. The molecule has 176 valence electrons. The number of carbonyl (C=O) groups excluding carboxylic acids is 1. The van der Waals surface area contributed by atoms with E-state index in [-0.39, 0.29) is 24.3 Å². The first kappa shape index (κ1) is 23.0. The summed E-state index contributed by atoms with van der Waals surface area (Å²) < 4.78 is 7.13. The van der Waals surface area contributed by atoms with Gasteiger partial charge in [-0.15, -0.1) is 0 Å². The highest BCUT2D eigenvalue weighted by Gasteiger charge is 2.38. The number of likely N-dealkylation sites (N-methyl/N-ethyl adjacent to an activating group) is 1. The van der Waals surface area contributed by atoms with E-state index in [1.54, 1.807) is 43.6 Å². The molecule has 4 heterocycles. The second kappa shape index (κ2) is 9.00. The van der Waals surface area contributed by atoms with Gasteiger partial charge in [0.25, 0.3) is 5.89 Å². The molecule has 0 aliphatic carbocycles. The summed E-state index contributed by atoms with van der Waals surface area (Å²) in [6.07, 6.45) is 8.43. The Morgan fingerprint density at radius 2 is 1.85 bits per heavy atom. The molecule has 0 bridgehead atoms. The highest BCUT2D eigenvalue weighted by molar-refractivity contribution is 5.75. The summed E-state index contributed by atoms with van der Waals surface area (Å²) in [5, 5.41) is 8.53. The molecule has 0 fully saturated rings. The van der Waals surface area contributed by atoms with Crippen LogP contribution in [0, 0.1) is 5.92 Å². The van der Waals surface area contributed by atoms with E-state index < -0.39 is 5.41 Å². The van der Waals surface area contributed by atoms with Gasteiger partial charge < -0.3 is 15.2 Å². The molecule has 11 nitrogen and oxygen atoms in total. The van der Waals surface area contributed by atoms with Crippen LogP contribution in [0.15, 0.2) is 47.6 Å². The summed E-state index contributed by atoms with van der Waals surface area (Å²) in [5.74, 6) is 1.19. The lowest BCUT2D eigenvalue weighted by atomic mass is 9.73. The van der Waals surface area contributed by atoms with Crippen molar-refractivity contribution >= 4 is 11.9 Å². The maximum absolute atomic E-state index is 12.0. The summed E-state index contributed by atoms with van der Waals surface area (Å²) in [7, 11) is 3.41. The largest absolute Gasteiger partial charge is 0.368 e. The molecule has 0 saturated heterocycles. The van der Waals surface area contributed by atoms with Crippen LogP contribution >= 0.6 is 0 Å². The van der Waals surface area contributed by atoms with E-state index in [9.17, 15) is 4.79 Å². The van der Waals surface area contributed by atoms with Crippen molar-refractivity contribution in [2.24, 2.45) is 5.92 Å². The Kier molecular flexibility index (Phi) is 6.10. The molecule has 4 aromatic heterocycles. The highest BCUT2D eigenvalue weighted by Crippen LogP contribution is 2.38. The summed E-state index contributed by atoms with van der Waals surface area (Å²) in [5.41, 5.74) is 8.13. The summed E-state index contributed by atoms with van der Waals surface area (Å²) >= 11 is 0.